The summed E-state index contributed by atoms with van der Waals surface area (Å²) in [5.74, 6) is 0.740. The smallest absolute Gasteiger partial charge is 0.237 e. The Balaban J connectivity index is 1.59. The molecule has 0 aromatic heterocycles. The molecule has 3 N–H and O–H groups in total. The van der Waals surface area contributed by atoms with Crippen LogP contribution in [-0.4, -0.2) is 47.6 Å². The normalized spacial score (nSPS) is 21.8. The number of benzene rings is 1. The van der Waals surface area contributed by atoms with Gasteiger partial charge in [0.15, 0.2) is 0 Å². The van der Waals surface area contributed by atoms with Gasteiger partial charge in [-0.05, 0) is 48.9 Å². The zero-order chi connectivity index (χ0) is 18.7. The summed E-state index contributed by atoms with van der Waals surface area (Å²) in [5, 5.41) is 16.2. The van der Waals surface area contributed by atoms with E-state index in [1.54, 1.807) is 12.1 Å². The van der Waals surface area contributed by atoms with Crippen LogP contribution in [0, 0.1) is 5.92 Å². The minimum Gasteiger partial charge on any atom is -0.508 e. The van der Waals surface area contributed by atoms with Crippen LogP contribution in [0.15, 0.2) is 29.8 Å². The predicted molar refractivity (Wildman–Crippen MR) is 104 cm³/mol. The number of rotatable bonds is 5. The molecule has 0 saturated heterocycles. The minimum absolute atomic E-state index is 0.0751. The first kappa shape index (κ1) is 18.9. The van der Waals surface area contributed by atoms with Gasteiger partial charge in [0, 0.05) is 32.2 Å². The van der Waals surface area contributed by atoms with E-state index in [-0.39, 0.29) is 23.7 Å². The fourth-order valence-corrected chi connectivity index (χ4v) is 3.65. The van der Waals surface area contributed by atoms with E-state index in [0.29, 0.717) is 18.9 Å². The highest BCUT2D eigenvalue weighted by Gasteiger charge is 2.28. The predicted octanol–water partition coefficient (Wildman–Crippen LogP) is 2.20. The second kappa shape index (κ2) is 8.23. The summed E-state index contributed by atoms with van der Waals surface area (Å²) >= 11 is 0. The van der Waals surface area contributed by atoms with Crippen molar-refractivity contribution in [3.63, 3.8) is 0 Å². The number of hydrogen-bond donors (Lipinski definition) is 3. The van der Waals surface area contributed by atoms with E-state index in [1.165, 1.54) is 5.57 Å². The molecule has 2 atom stereocenters. The maximum atomic E-state index is 12.8. The van der Waals surface area contributed by atoms with E-state index in [2.05, 4.69) is 42.4 Å². The largest absolute Gasteiger partial charge is 0.508 e. The molecule has 1 amide bonds. The lowest BCUT2D eigenvalue weighted by molar-refractivity contribution is -0.124. The lowest BCUT2D eigenvalue weighted by Gasteiger charge is -2.33. The number of hydrogen-bond acceptors (Lipinski definition) is 4. The monoisotopic (exact) mass is 357 g/mol. The molecule has 26 heavy (non-hydrogen) atoms. The van der Waals surface area contributed by atoms with Gasteiger partial charge in [0.25, 0.3) is 0 Å². The quantitative estimate of drug-likeness (QED) is 0.707. The third-order valence-corrected chi connectivity index (χ3v) is 5.58. The molecule has 3 rings (SSSR count). The summed E-state index contributed by atoms with van der Waals surface area (Å²) in [7, 11) is 0. The highest BCUT2D eigenvalue weighted by molar-refractivity contribution is 5.82. The molecule has 0 spiro atoms. The van der Waals surface area contributed by atoms with E-state index in [1.807, 2.05) is 6.07 Å². The third-order valence-electron chi connectivity index (χ3n) is 5.58. The van der Waals surface area contributed by atoms with Gasteiger partial charge in [0.05, 0.1) is 6.04 Å². The molecule has 0 bridgehead atoms. The topological polar surface area (TPSA) is 64.6 Å². The number of phenols is 1. The van der Waals surface area contributed by atoms with Crippen molar-refractivity contribution in [2.24, 2.45) is 5.92 Å². The van der Waals surface area contributed by atoms with Gasteiger partial charge in [-0.15, -0.1) is 0 Å². The fourth-order valence-electron chi connectivity index (χ4n) is 3.65. The minimum atomic E-state index is -0.211. The van der Waals surface area contributed by atoms with Crippen molar-refractivity contribution >= 4 is 5.91 Å². The van der Waals surface area contributed by atoms with Crippen LogP contribution in [0.1, 0.15) is 38.3 Å². The van der Waals surface area contributed by atoms with Crippen molar-refractivity contribution in [2.45, 2.75) is 52.2 Å². The zero-order valence-electron chi connectivity index (χ0n) is 16.1. The zero-order valence-corrected chi connectivity index (χ0v) is 16.1. The lowest BCUT2D eigenvalue weighted by Crippen LogP contribution is -2.54. The Morgan fingerprint density at radius 1 is 1.38 bits per heavy atom. The molecule has 0 radical (unpaired) electrons. The SMILES string of the molecule is CC1=CCN(C[C@@H](NC(=O)[C@H]2Cc3ccc(O)cc3CN2)C(C)C)CC1. The average molecular weight is 357 g/mol. The van der Waals surface area contributed by atoms with Gasteiger partial charge < -0.3 is 15.7 Å². The van der Waals surface area contributed by atoms with Crippen molar-refractivity contribution in [2.75, 3.05) is 19.6 Å². The van der Waals surface area contributed by atoms with E-state index < -0.39 is 0 Å². The molecule has 5 heteroatoms. The van der Waals surface area contributed by atoms with Crippen molar-refractivity contribution in [1.29, 1.82) is 0 Å². The van der Waals surface area contributed by atoms with Crippen LogP contribution in [-0.2, 0) is 17.8 Å². The number of carbonyl (C=O) groups excluding carboxylic acids is 1. The summed E-state index contributed by atoms with van der Waals surface area (Å²) in [4.78, 5) is 15.3. The Morgan fingerprint density at radius 2 is 2.19 bits per heavy atom. The number of fused-ring (bicyclic) bond motifs is 1. The van der Waals surface area contributed by atoms with Gasteiger partial charge >= 0.3 is 0 Å². The average Bonchev–Trinajstić information content (AvgIpc) is 2.62. The molecular formula is C21H31N3O2. The summed E-state index contributed by atoms with van der Waals surface area (Å²) < 4.78 is 0. The molecule has 2 heterocycles. The second-order valence-electron chi connectivity index (χ2n) is 8.01. The molecule has 1 aromatic carbocycles. The molecule has 0 aliphatic carbocycles. The summed E-state index contributed by atoms with van der Waals surface area (Å²) in [5.41, 5.74) is 3.67. The number of amides is 1. The molecule has 142 valence electrons. The number of nitrogens with zero attached hydrogens (tertiary/aromatic N) is 1. The van der Waals surface area contributed by atoms with Crippen LogP contribution in [0.3, 0.4) is 0 Å². The van der Waals surface area contributed by atoms with Crippen LogP contribution in [0.2, 0.25) is 0 Å². The molecular weight excluding hydrogens is 326 g/mol. The standard InChI is InChI=1S/C21H31N3O2/c1-14(2)20(13-24-8-6-15(3)7-9-24)23-21(26)19-11-16-4-5-18(25)10-17(16)12-22-19/h4-6,10,14,19-20,22,25H,7-9,11-13H2,1-3H3,(H,23,26)/t19-,20-/m1/s1. The van der Waals surface area contributed by atoms with Crippen LogP contribution >= 0.6 is 0 Å². The first-order valence-corrected chi connectivity index (χ1v) is 9.65. The molecule has 0 unspecified atom stereocenters. The summed E-state index contributed by atoms with van der Waals surface area (Å²) in [6.45, 7) is 10.1. The maximum Gasteiger partial charge on any atom is 0.237 e. The van der Waals surface area contributed by atoms with E-state index in [9.17, 15) is 9.90 Å². The fraction of sp³-hybridized carbons (Fsp3) is 0.571. The highest BCUT2D eigenvalue weighted by Crippen LogP contribution is 2.22. The molecule has 2 aliphatic rings. The summed E-state index contributed by atoms with van der Waals surface area (Å²) in [6.07, 6.45) is 4.07. The van der Waals surface area contributed by atoms with Gasteiger partial charge in [-0.2, -0.15) is 0 Å². The van der Waals surface area contributed by atoms with Crippen molar-refractivity contribution in [3.05, 3.63) is 41.0 Å². The number of phenolic OH excluding ortho intramolecular Hbond substituents is 1. The maximum absolute atomic E-state index is 12.8. The Kier molecular flexibility index (Phi) is 5.99. The molecule has 5 nitrogen and oxygen atoms in total. The van der Waals surface area contributed by atoms with Gasteiger partial charge in [-0.1, -0.05) is 31.6 Å². The van der Waals surface area contributed by atoms with E-state index >= 15 is 0 Å². The van der Waals surface area contributed by atoms with Gasteiger partial charge in [0.1, 0.15) is 5.75 Å². The molecule has 2 aliphatic heterocycles. The number of carbonyl (C=O) groups is 1. The Bertz CT molecular complexity index is 684. The lowest BCUT2D eigenvalue weighted by atomic mass is 9.94. The van der Waals surface area contributed by atoms with Gasteiger partial charge in [-0.25, -0.2) is 0 Å². The Labute approximate surface area is 156 Å². The number of nitrogens with one attached hydrogen (secondary N) is 2. The van der Waals surface area contributed by atoms with Gasteiger partial charge in [-0.3, -0.25) is 9.69 Å². The van der Waals surface area contributed by atoms with Crippen molar-refractivity contribution < 1.29 is 9.90 Å². The summed E-state index contributed by atoms with van der Waals surface area (Å²) in [6, 6.07) is 5.34. The van der Waals surface area contributed by atoms with E-state index in [0.717, 1.165) is 37.2 Å². The molecule has 0 fully saturated rings. The van der Waals surface area contributed by atoms with Crippen molar-refractivity contribution in [1.82, 2.24) is 15.5 Å². The number of aromatic hydroxyl groups is 1. The van der Waals surface area contributed by atoms with E-state index in [4.69, 9.17) is 0 Å². The highest BCUT2D eigenvalue weighted by atomic mass is 16.3. The van der Waals surface area contributed by atoms with Crippen LogP contribution in [0.4, 0.5) is 0 Å². The van der Waals surface area contributed by atoms with Crippen LogP contribution < -0.4 is 10.6 Å². The van der Waals surface area contributed by atoms with Gasteiger partial charge in [0.2, 0.25) is 5.91 Å². The first-order valence-electron chi connectivity index (χ1n) is 9.65. The Hall–Kier alpha value is -1.85. The van der Waals surface area contributed by atoms with Crippen LogP contribution in [0.5, 0.6) is 5.75 Å². The van der Waals surface area contributed by atoms with Crippen LogP contribution in [0.25, 0.3) is 0 Å². The first-order chi connectivity index (χ1) is 12.4. The third kappa shape index (κ3) is 4.65. The molecule has 0 saturated carbocycles. The second-order valence-corrected chi connectivity index (χ2v) is 8.01. The Morgan fingerprint density at radius 3 is 2.88 bits per heavy atom. The molecule has 1 aromatic rings. The van der Waals surface area contributed by atoms with Crippen molar-refractivity contribution in [3.8, 4) is 5.75 Å².